The van der Waals surface area contributed by atoms with Crippen molar-refractivity contribution in [3.8, 4) is 0 Å². The lowest BCUT2D eigenvalue weighted by molar-refractivity contribution is 0.778. The van der Waals surface area contributed by atoms with Gasteiger partial charge < -0.3 is 9.72 Å². The number of fused-ring (bicyclic) bond motifs is 1. The summed E-state index contributed by atoms with van der Waals surface area (Å²) in [4.78, 5) is 8.90. The number of hydrogen-bond donors (Lipinski definition) is 1. The van der Waals surface area contributed by atoms with Gasteiger partial charge in [-0.3, -0.25) is 0 Å². The first-order valence-electron chi connectivity index (χ1n) is 5.99. The highest BCUT2D eigenvalue weighted by Crippen LogP contribution is 2.23. The third-order valence-corrected chi connectivity index (χ3v) is 3.63. The second kappa shape index (κ2) is 5.91. The minimum atomic E-state index is 0.883. The third kappa shape index (κ3) is 2.91. The number of thioether (sulfide) groups is 1. The summed E-state index contributed by atoms with van der Waals surface area (Å²) in [5.74, 6) is 1.99. The quantitative estimate of drug-likeness (QED) is 0.632. The minimum absolute atomic E-state index is 0.883. The fraction of sp³-hybridized carbons (Fsp3) is 0.500. The molecular formula is C12H18N4S. The lowest BCUT2D eigenvalue weighted by Crippen LogP contribution is -1.98. The molecule has 1 N–H and O–H groups in total. The number of aromatic nitrogens is 3. The van der Waals surface area contributed by atoms with E-state index in [2.05, 4.69) is 22.2 Å². The summed E-state index contributed by atoms with van der Waals surface area (Å²) in [6.07, 6.45) is 9.49. The first-order valence-corrected chi connectivity index (χ1v) is 6.98. The SMILES string of the molecule is CCCCCSc1nc(NC)cn2ccnc12. The van der Waals surface area contributed by atoms with Gasteiger partial charge in [-0.1, -0.05) is 19.8 Å². The van der Waals surface area contributed by atoms with Crippen LogP contribution in [0.5, 0.6) is 0 Å². The highest BCUT2D eigenvalue weighted by Gasteiger charge is 2.07. The van der Waals surface area contributed by atoms with Crippen molar-refractivity contribution in [3.63, 3.8) is 0 Å². The van der Waals surface area contributed by atoms with Gasteiger partial charge >= 0.3 is 0 Å². The smallest absolute Gasteiger partial charge is 0.169 e. The molecule has 0 amide bonds. The molecule has 2 aromatic heterocycles. The van der Waals surface area contributed by atoms with Gasteiger partial charge in [0.2, 0.25) is 0 Å². The topological polar surface area (TPSA) is 42.2 Å². The first kappa shape index (κ1) is 12.2. The lowest BCUT2D eigenvalue weighted by Gasteiger charge is -2.06. The molecule has 0 spiro atoms. The average molecular weight is 250 g/mol. The number of anilines is 1. The second-order valence-corrected chi connectivity index (χ2v) is 4.98. The molecule has 0 aliphatic heterocycles. The number of nitrogens with one attached hydrogen (secondary N) is 1. The molecule has 4 nitrogen and oxygen atoms in total. The molecule has 17 heavy (non-hydrogen) atoms. The Balaban J connectivity index is 2.16. The van der Waals surface area contributed by atoms with Crippen LogP contribution in [0, 0.1) is 0 Å². The molecule has 2 heterocycles. The van der Waals surface area contributed by atoms with E-state index >= 15 is 0 Å². The predicted octanol–water partition coefficient (Wildman–Crippen LogP) is 3.05. The first-order chi connectivity index (χ1) is 8.35. The van der Waals surface area contributed by atoms with Gasteiger partial charge in [-0.2, -0.15) is 0 Å². The van der Waals surface area contributed by atoms with Gasteiger partial charge in [0.05, 0.1) is 6.20 Å². The lowest BCUT2D eigenvalue weighted by atomic mass is 10.3. The number of rotatable bonds is 6. The number of nitrogens with zero attached hydrogens (tertiary/aromatic N) is 3. The van der Waals surface area contributed by atoms with Gasteiger partial charge in [0.1, 0.15) is 10.8 Å². The van der Waals surface area contributed by atoms with Crippen LogP contribution in [0.3, 0.4) is 0 Å². The molecule has 0 unspecified atom stereocenters. The summed E-state index contributed by atoms with van der Waals surface area (Å²) >= 11 is 1.79. The Morgan fingerprint density at radius 1 is 1.41 bits per heavy atom. The molecule has 0 saturated carbocycles. The maximum Gasteiger partial charge on any atom is 0.169 e. The van der Waals surface area contributed by atoms with Gasteiger partial charge in [-0.15, -0.1) is 11.8 Å². The van der Waals surface area contributed by atoms with Crippen LogP contribution in [0.25, 0.3) is 5.65 Å². The Hall–Kier alpha value is -1.23. The normalized spacial score (nSPS) is 10.9. The molecule has 0 saturated heterocycles. The average Bonchev–Trinajstić information content (AvgIpc) is 2.82. The van der Waals surface area contributed by atoms with Crippen molar-refractivity contribution in [2.24, 2.45) is 0 Å². The van der Waals surface area contributed by atoms with Crippen molar-refractivity contribution in [2.75, 3.05) is 18.1 Å². The van der Waals surface area contributed by atoms with Crippen LogP contribution in [-0.2, 0) is 0 Å². The molecule has 2 aromatic rings. The maximum absolute atomic E-state index is 4.56. The fourth-order valence-corrected chi connectivity index (χ4v) is 2.63. The molecule has 0 aliphatic carbocycles. The van der Waals surface area contributed by atoms with Crippen molar-refractivity contribution in [2.45, 2.75) is 31.2 Å². The summed E-state index contributed by atoms with van der Waals surface area (Å²) in [7, 11) is 1.89. The number of unbranched alkanes of at least 4 members (excludes halogenated alkanes) is 2. The standard InChI is InChI=1S/C12H18N4S/c1-3-4-5-8-17-12-11-14-6-7-16(11)9-10(13-2)15-12/h6-7,9,13H,3-5,8H2,1-2H3. The zero-order valence-electron chi connectivity index (χ0n) is 10.3. The van der Waals surface area contributed by atoms with Gasteiger partial charge in [-0.05, 0) is 12.2 Å². The van der Waals surface area contributed by atoms with E-state index in [-0.39, 0.29) is 0 Å². The predicted molar refractivity (Wildman–Crippen MR) is 72.8 cm³/mol. The van der Waals surface area contributed by atoms with E-state index in [4.69, 9.17) is 0 Å². The van der Waals surface area contributed by atoms with Gasteiger partial charge in [0.25, 0.3) is 0 Å². The molecule has 0 fully saturated rings. The zero-order valence-corrected chi connectivity index (χ0v) is 11.1. The Kier molecular flexibility index (Phi) is 4.25. The van der Waals surface area contributed by atoms with Crippen LogP contribution >= 0.6 is 11.8 Å². The van der Waals surface area contributed by atoms with Crippen molar-refractivity contribution >= 4 is 23.2 Å². The van der Waals surface area contributed by atoms with Crippen molar-refractivity contribution < 1.29 is 0 Å². The van der Waals surface area contributed by atoms with E-state index in [0.717, 1.165) is 22.2 Å². The van der Waals surface area contributed by atoms with Crippen LogP contribution in [0.1, 0.15) is 26.2 Å². The Bertz CT molecular complexity index is 480. The van der Waals surface area contributed by atoms with Gasteiger partial charge in [0, 0.05) is 19.4 Å². The molecule has 0 radical (unpaired) electrons. The van der Waals surface area contributed by atoms with E-state index in [0.29, 0.717) is 0 Å². The summed E-state index contributed by atoms with van der Waals surface area (Å²) in [5, 5.41) is 4.09. The second-order valence-electron chi connectivity index (χ2n) is 3.89. The van der Waals surface area contributed by atoms with Crippen LogP contribution in [0.15, 0.2) is 23.6 Å². The monoisotopic (exact) mass is 250 g/mol. The van der Waals surface area contributed by atoms with Crippen LogP contribution in [0.4, 0.5) is 5.82 Å². The van der Waals surface area contributed by atoms with E-state index in [1.54, 1.807) is 11.8 Å². The molecule has 0 aromatic carbocycles. The largest absolute Gasteiger partial charge is 0.372 e. The van der Waals surface area contributed by atoms with E-state index < -0.39 is 0 Å². The van der Waals surface area contributed by atoms with Crippen LogP contribution < -0.4 is 5.32 Å². The summed E-state index contributed by atoms with van der Waals surface area (Å²) in [5.41, 5.74) is 0.950. The van der Waals surface area contributed by atoms with Gasteiger partial charge in [0.15, 0.2) is 5.65 Å². The summed E-state index contributed by atoms with van der Waals surface area (Å²) in [6, 6.07) is 0. The summed E-state index contributed by atoms with van der Waals surface area (Å²) < 4.78 is 2.01. The molecule has 5 heteroatoms. The fourth-order valence-electron chi connectivity index (χ4n) is 1.64. The van der Waals surface area contributed by atoms with Crippen molar-refractivity contribution in [1.29, 1.82) is 0 Å². The molecule has 0 bridgehead atoms. The highest BCUT2D eigenvalue weighted by molar-refractivity contribution is 7.99. The molecular weight excluding hydrogens is 232 g/mol. The summed E-state index contributed by atoms with van der Waals surface area (Å²) in [6.45, 7) is 2.22. The Morgan fingerprint density at radius 2 is 2.29 bits per heavy atom. The van der Waals surface area contributed by atoms with E-state index in [1.165, 1.54) is 19.3 Å². The minimum Gasteiger partial charge on any atom is -0.372 e. The van der Waals surface area contributed by atoms with Gasteiger partial charge in [-0.25, -0.2) is 9.97 Å². The maximum atomic E-state index is 4.56. The van der Waals surface area contributed by atoms with Crippen molar-refractivity contribution in [3.05, 3.63) is 18.6 Å². The number of imidazole rings is 1. The van der Waals surface area contributed by atoms with E-state index in [9.17, 15) is 0 Å². The van der Waals surface area contributed by atoms with Crippen LogP contribution in [-0.4, -0.2) is 27.2 Å². The molecule has 92 valence electrons. The van der Waals surface area contributed by atoms with Crippen LogP contribution in [0.2, 0.25) is 0 Å². The molecule has 2 rings (SSSR count). The third-order valence-electron chi connectivity index (χ3n) is 2.59. The Morgan fingerprint density at radius 3 is 3.06 bits per heavy atom. The highest BCUT2D eigenvalue weighted by atomic mass is 32.2. The number of hydrogen-bond acceptors (Lipinski definition) is 4. The molecule has 0 aliphatic rings. The molecule has 0 atom stereocenters. The van der Waals surface area contributed by atoms with E-state index in [1.807, 2.05) is 30.0 Å². The Labute approximate surface area is 106 Å². The zero-order chi connectivity index (χ0) is 12.1. The van der Waals surface area contributed by atoms with Crippen molar-refractivity contribution in [1.82, 2.24) is 14.4 Å².